The second-order valence-corrected chi connectivity index (χ2v) is 8.59. The predicted molar refractivity (Wildman–Crippen MR) is 123 cm³/mol. The van der Waals surface area contributed by atoms with Crippen molar-refractivity contribution < 1.29 is 4.79 Å². The van der Waals surface area contributed by atoms with Gasteiger partial charge in [-0.05, 0) is 49.6 Å². The number of benzene rings is 2. The zero-order chi connectivity index (χ0) is 21.1. The summed E-state index contributed by atoms with van der Waals surface area (Å²) < 4.78 is 4.53. The Morgan fingerprint density at radius 2 is 1.73 bits per heavy atom. The van der Waals surface area contributed by atoms with Crippen LogP contribution in [0.25, 0.3) is 0 Å². The van der Waals surface area contributed by atoms with Crippen LogP contribution >= 0.6 is 11.5 Å². The van der Waals surface area contributed by atoms with E-state index < -0.39 is 0 Å². The molecule has 3 aromatic rings. The van der Waals surface area contributed by atoms with Crippen LogP contribution in [-0.4, -0.2) is 46.5 Å². The molecule has 0 atom stereocenters. The highest BCUT2D eigenvalue weighted by Gasteiger charge is 2.23. The maximum absolute atomic E-state index is 12.6. The van der Waals surface area contributed by atoms with Gasteiger partial charge in [0.05, 0.1) is 0 Å². The van der Waals surface area contributed by atoms with Gasteiger partial charge in [0.25, 0.3) is 0 Å². The van der Waals surface area contributed by atoms with Crippen molar-refractivity contribution >= 4 is 28.4 Å². The van der Waals surface area contributed by atoms with E-state index in [2.05, 4.69) is 59.6 Å². The fourth-order valence-electron chi connectivity index (χ4n) is 3.46. The number of aryl methyl sites for hydroxylation is 3. The third kappa shape index (κ3) is 4.79. The molecule has 0 radical (unpaired) electrons. The smallest absolute Gasteiger partial charge is 0.321 e. The number of piperazine rings is 1. The van der Waals surface area contributed by atoms with Crippen molar-refractivity contribution in [3.8, 4) is 0 Å². The number of amides is 2. The van der Waals surface area contributed by atoms with Gasteiger partial charge in [-0.2, -0.15) is 4.37 Å². The number of rotatable bonds is 4. The number of anilines is 2. The minimum atomic E-state index is -0.0461. The van der Waals surface area contributed by atoms with Gasteiger partial charge in [-0.25, -0.2) is 9.78 Å². The Labute approximate surface area is 181 Å². The second-order valence-electron chi connectivity index (χ2n) is 7.86. The van der Waals surface area contributed by atoms with E-state index in [1.54, 1.807) is 0 Å². The van der Waals surface area contributed by atoms with Crippen LogP contribution in [0.3, 0.4) is 0 Å². The van der Waals surface area contributed by atoms with Crippen molar-refractivity contribution in [1.29, 1.82) is 0 Å². The van der Waals surface area contributed by atoms with E-state index in [-0.39, 0.29) is 6.03 Å². The molecule has 4 rings (SSSR count). The number of nitrogens with zero attached hydrogens (tertiary/aromatic N) is 4. The molecule has 1 aromatic heterocycles. The molecule has 2 amide bonds. The summed E-state index contributed by atoms with van der Waals surface area (Å²) in [6.45, 7) is 9.08. The molecule has 0 unspecified atom stereocenters. The summed E-state index contributed by atoms with van der Waals surface area (Å²) in [5, 5.41) is 3.95. The number of hydrogen-bond donors (Lipinski definition) is 1. The van der Waals surface area contributed by atoms with Gasteiger partial charge in [0.15, 0.2) is 0 Å². The lowest BCUT2D eigenvalue weighted by molar-refractivity contribution is 0.208. The van der Waals surface area contributed by atoms with Crippen molar-refractivity contribution in [2.24, 2.45) is 0 Å². The van der Waals surface area contributed by atoms with Crippen molar-refractivity contribution in [3.63, 3.8) is 0 Å². The lowest BCUT2D eigenvalue weighted by atomic mass is 10.1. The van der Waals surface area contributed by atoms with E-state index in [0.29, 0.717) is 13.1 Å². The van der Waals surface area contributed by atoms with E-state index >= 15 is 0 Å². The largest absolute Gasteiger partial charge is 0.343 e. The molecule has 0 saturated carbocycles. The minimum Gasteiger partial charge on any atom is -0.343 e. The third-order valence-corrected chi connectivity index (χ3v) is 6.35. The van der Waals surface area contributed by atoms with Crippen LogP contribution in [0.1, 0.15) is 28.1 Å². The molecule has 0 bridgehead atoms. The summed E-state index contributed by atoms with van der Waals surface area (Å²) in [6.07, 6.45) is 0.745. The van der Waals surface area contributed by atoms with Gasteiger partial charge in [0.1, 0.15) is 5.82 Å². The maximum atomic E-state index is 12.6. The Morgan fingerprint density at radius 1 is 1.00 bits per heavy atom. The first-order valence-corrected chi connectivity index (χ1v) is 11.0. The lowest BCUT2D eigenvalue weighted by Crippen LogP contribution is -2.50. The fraction of sp³-hybridized carbons (Fsp3) is 0.348. The van der Waals surface area contributed by atoms with Gasteiger partial charge < -0.3 is 15.1 Å². The van der Waals surface area contributed by atoms with Crippen LogP contribution in [0.2, 0.25) is 0 Å². The number of nitrogens with one attached hydrogen (secondary N) is 1. The summed E-state index contributed by atoms with van der Waals surface area (Å²) in [6, 6.07) is 14.4. The van der Waals surface area contributed by atoms with E-state index in [1.807, 2.05) is 23.1 Å². The molecule has 1 saturated heterocycles. The summed E-state index contributed by atoms with van der Waals surface area (Å²) in [5.41, 5.74) is 5.72. The Kier molecular flexibility index (Phi) is 5.99. The maximum Gasteiger partial charge on any atom is 0.321 e. The van der Waals surface area contributed by atoms with Crippen molar-refractivity contribution in [1.82, 2.24) is 14.3 Å². The average molecular weight is 422 g/mol. The Morgan fingerprint density at radius 3 is 2.43 bits per heavy atom. The molecule has 1 aliphatic heterocycles. The molecule has 156 valence electrons. The normalized spacial score (nSPS) is 14.1. The molecule has 1 fully saturated rings. The summed E-state index contributed by atoms with van der Waals surface area (Å²) in [7, 11) is 0. The first-order valence-electron chi connectivity index (χ1n) is 10.2. The first-order chi connectivity index (χ1) is 14.5. The van der Waals surface area contributed by atoms with Crippen LogP contribution in [0.4, 0.5) is 15.6 Å². The predicted octanol–water partition coefficient (Wildman–Crippen LogP) is 4.41. The number of urea groups is 1. The monoisotopic (exact) mass is 421 g/mol. The lowest BCUT2D eigenvalue weighted by Gasteiger charge is -2.34. The van der Waals surface area contributed by atoms with Gasteiger partial charge >= 0.3 is 6.03 Å². The minimum absolute atomic E-state index is 0.0461. The summed E-state index contributed by atoms with van der Waals surface area (Å²) in [5.74, 6) is 0.855. The SMILES string of the molecule is Cc1ccc(Cc2nsc(N3CCN(C(=O)Nc4ccc(C)c(C)c4)CC3)n2)cc1. The molecule has 1 N–H and O–H groups in total. The number of carbonyl (C=O) groups excluding carboxylic acids is 1. The summed E-state index contributed by atoms with van der Waals surface area (Å²) >= 11 is 1.44. The Balaban J connectivity index is 1.31. The molecule has 30 heavy (non-hydrogen) atoms. The van der Waals surface area contributed by atoms with Gasteiger partial charge in [-0.3, -0.25) is 0 Å². The second kappa shape index (κ2) is 8.83. The topological polar surface area (TPSA) is 61.4 Å². The summed E-state index contributed by atoms with van der Waals surface area (Å²) in [4.78, 5) is 21.4. The van der Waals surface area contributed by atoms with Gasteiger partial charge in [-0.1, -0.05) is 35.9 Å². The molecule has 2 heterocycles. The highest BCUT2D eigenvalue weighted by molar-refractivity contribution is 7.09. The zero-order valence-electron chi connectivity index (χ0n) is 17.7. The quantitative estimate of drug-likeness (QED) is 0.678. The van der Waals surface area contributed by atoms with E-state index in [9.17, 15) is 4.79 Å². The zero-order valence-corrected chi connectivity index (χ0v) is 18.5. The van der Waals surface area contributed by atoms with Gasteiger partial charge in [0, 0.05) is 49.8 Å². The van der Waals surface area contributed by atoms with Crippen LogP contribution in [0, 0.1) is 20.8 Å². The molecule has 2 aromatic carbocycles. The van der Waals surface area contributed by atoms with Crippen LogP contribution in [0.5, 0.6) is 0 Å². The third-order valence-electron chi connectivity index (χ3n) is 5.54. The van der Waals surface area contributed by atoms with E-state index in [0.717, 1.165) is 36.2 Å². The molecule has 6 nitrogen and oxygen atoms in total. The number of hydrogen-bond acceptors (Lipinski definition) is 5. The molecule has 1 aliphatic rings. The first kappa shape index (κ1) is 20.3. The molecule has 0 aliphatic carbocycles. The highest BCUT2D eigenvalue weighted by atomic mass is 32.1. The molecular formula is C23H27N5OS. The molecular weight excluding hydrogens is 394 g/mol. The standard InChI is InChI=1S/C23H27N5OS/c1-16-4-7-19(8-5-16)15-21-25-23(30-26-21)28-12-10-27(11-13-28)22(29)24-20-9-6-17(2)18(3)14-20/h4-9,14H,10-13,15H2,1-3H3,(H,24,29). The Bertz CT molecular complexity index is 1020. The Hall–Kier alpha value is -2.93. The van der Waals surface area contributed by atoms with Crippen molar-refractivity contribution in [3.05, 3.63) is 70.5 Å². The van der Waals surface area contributed by atoms with Gasteiger partial charge in [-0.15, -0.1) is 0 Å². The average Bonchev–Trinajstić information content (AvgIpc) is 3.21. The fourth-order valence-corrected chi connectivity index (χ4v) is 4.19. The van der Waals surface area contributed by atoms with Crippen LogP contribution < -0.4 is 10.2 Å². The molecule has 0 spiro atoms. The molecule has 7 heteroatoms. The number of carbonyl (C=O) groups is 1. The van der Waals surface area contributed by atoms with Crippen molar-refractivity contribution in [2.75, 3.05) is 36.4 Å². The van der Waals surface area contributed by atoms with Crippen molar-refractivity contribution in [2.45, 2.75) is 27.2 Å². The van der Waals surface area contributed by atoms with E-state index in [4.69, 9.17) is 4.98 Å². The van der Waals surface area contributed by atoms with Crippen LogP contribution in [-0.2, 0) is 6.42 Å². The van der Waals surface area contributed by atoms with Crippen LogP contribution in [0.15, 0.2) is 42.5 Å². The number of aromatic nitrogens is 2. The van der Waals surface area contributed by atoms with Gasteiger partial charge in [0.2, 0.25) is 5.13 Å². The van der Waals surface area contributed by atoms with E-state index in [1.165, 1.54) is 33.8 Å². The highest BCUT2D eigenvalue weighted by Crippen LogP contribution is 2.21.